The van der Waals surface area contributed by atoms with Gasteiger partial charge in [-0.1, -0.05) is 42.5 Å². The van der Waals surface area contributed by atoms with E-state index in [1.807, 2.05) is 60.0 Å². The highest BCUT2D eigenvalue weighted by atomic mass is 32.1. The molecule has 4 aromatic rings. The normalized spacial score (nSPS) is 10.5. The van der Waals surface area contributed by atoms with E-state index in [4.69, 9.17) is 0 Å². The Hall–Kier alpha value is -3.31. The monoisotopic (exact) mass is 371 g/mol. The Morgan fingerprint density at radius 1 is 0.889 bits per heavy atom. The number of carbonyl (C=O) groups is 1. The van der Waals surface area contributed by atoms with Crippen LogP contribution in [0.25, 0.3) is 11.3 Å². The second-order valence-electron chi connectivity index (χ2n) is 6.09. The largest absolute Gasteiger partial charge is 0.298 e. The Labute approximate surface area is 161 Å². The Kier molecular flexibility index (Phi) is 5.03. The molecule has 0 radical (unpaired) electrons. The maximum Gasteiger partial charge on any atom is 0.257 e. The van der Waals surface area contributed by atoms with Crippen LogP contribution in [0.1, 0.15) is 21.5 Å². The molecule has 2 aromatic carbocycles. The summed E-state index contributed by atoms with van der Waals surface area (Å²) in [7, 11) is 0. The van der Waals surface area contributed by atoms with Gasteiger partial charge in [0.15, 0.2) is 5.13 Å². The van der Waals surface area contributed by atoms with Crippen molar-refractivity contribution in [1.29, 1.82) is 0 Å². The fraction of sp³-hybridized carbons (Fsp3) is 0.0455. The summed E-state index contributed by atoms with van der Waals surface area (Å²) in [6, 6.07) is 21.8. The van der Waals surface area contributed by atoms with Crippen LogP contribution in [0.5, 0.6) is 0 Å². The molecule has 0 saturated carbocycles. The minimum atomic E-state index is -0.156. The molecule has 2 heterocycles. The summed E-state index contributed by atoms with van der Waals surface area (Å²) >= 11 is 1.41. The topological polar surface area (TPSA) is 54.9 Å². The molecule has 0 bridgehead atoms. The SMILES string of the molecule is O=C(Nc1nc(-c2ccncc2)cs1)c1ccc(Cc2ccccc2)cc1. The Balaban J connectivity index is 1.42. The summed E-state index contributed by atoms with van der Waals surface area (Å²) in [6.45, 7) is 0. The highest BCUT2D eigenvalue weighted by Crippen LogP contribution is 2.24. The van der Waals surface area contributed by atoms with Crippen molar-refractivity contribution in [2.45, 2.75) is 6.42 Å². The van der Waals surface area contributed by atoms with Gasteiger partial charge < -0.3 is 0 Å². The van der Waals surface area contributed by atoms with Gasteiger partial charge in [0.2, 0.25) is 0 Å². The average molecular weight is 371 g/mol. The van der Waals surface area contributed by atoms with Gasteiger partial charge in [0.25, 0.3) is 5.91 Å². The van der Waals surface area contributed by atoms with Gasteiger partial charge in [0.05, 0.1) is 5.69 Å². The van der Waals surface area contributed by atoms with E-state index in [0.717, 1.165) is 17.7 Å². The smallest absolute Gasteiger partial charge is 0.257 e. The van der Waals surface area contributed by atoms with Crippen molar-refractivity contribution in [2.24, 2.45) is 0 Å². The number of rotatable bonds is 5. The van der Waals surface area contributed by atoms with Crippen LogP contribution < -0.4 is 5.32 Å². The number of anilines is 1. The molecule has 0 fully saturated rings. The van der Waals surface area contributed by atoms with Crippen molar-refractivity contribution in [2.75, 3.05) is 5.32 Å². The number of benzene rings is 2. The van der Waals surface area contributed by atoms with Crippen LogP contribution in [0.15, 0.2) is 84.5 Å². The van der Waals surface area contributed by atoms with E-state index >= 15 is 0 Å². The molecule has 4 nitrogen and oxygen atoms in total. The summed E-state index contributed by atoms with van der Waals surface area (Å²) in [5, 5.41) is 5.38. The lowest BCUT2D eigenvalue weighted by molar-refractivity contribution is 0.102. The summed E-state index contributed by atoms with van der Waals surface area (Å²) < 4.78 is 0. The average Bonchev–Trinajstić information content (AvgIpc) is 3.18. The molecule has 0 unspecified atom stereocenters. The van der Waals surface area contributed by atoms with E-state index in [1.165, 1.54) is 22.5 Å². The highest BCUT2D eigenvalue weighted by Gasteiger charge is 2.10. The Bertz CT molecular complexity index is 1030. The predicted molar refractivity (Wildman–Crippen MR) is 109 cm³/mol. The molecule has 0 saturated heterocycles. The van der Waals surface area contributed by atoms with E-state index in [1.54, 1.807) is 12.4 Å². The van der Waals surface area contributed by atoms with Crippen LogP contribution in [-0.4, -0.2) is 15.9 Å². The van der Waals surface area contributed by atoms with Crippen LogP contribution in [0.3, 0.4) is 0 Å². The van der Waals surface area contributed by atoms with Crippen molar-refractivity contribution < 1.29 is 4.79 Å². The second-order valence-corrected chi connectivity index (χ2v) is 6.95. The molecule has 0 spiro atoms. The van der Waals surface area contributed by atoms with Gasteiger partial charge in [-0.3, -0.25) is 15.1 Å². The van der Waals surface area contributed by atoms with Gasteiger partial charge >= 0.3 is 0 Å². The number of amides is 1. The minimum absolute atomic E-state index is 0.156. The first-order chi connectivity index (χ1) is 13.3. The minimum Gasteiger partial charge on any atom is -0.298 e. The molecular formula is C22H17N3OS. The fourth-order valence-electron chi connectivity index (χ4n) is 2.76. The number of nitrogens with one attached hydrogen (secondary N) is 1. The predicted octanol–water partition coefficient (Wildman–Crippen LogP) is 5.05. The zero-order valence-corrected chi connectivity index (χ0v) is 15.3. The lowest BCUT2D eigenvalue weighted by Crippen LogP contribution is -2.11. The van der Waals surface area contributed by atoms with E-state index in [-0.39, 0.29) is 5.91 Å². The number of hydrogen-bond acceptors (Lipinski definition) is 4. The molecular weight excluding hydrogens is 354 g/mol. The van der Waals surface area contributed by atoms with E-state index in [2.05, 4.69) is 27.4 Å². The molecule has 2 aromatic heterocycles. The van der Waals surface area contributed by atoms with Crippen molar-refractivity contribution in [3.8, 4) is 11.3 Å². The van der Waals surface area contributed by atoms with Crippen LogP contribution in [0.2, 0.25) is 0 Å². The van der Waals surface area contributed by atoms with Crippen molar-refractivity contribution in [3.05, 3.63) is 101 Å². The third kappa shape index (κ3) is 4.27. The maximum absolute atomic E-state index is 12.5. The van der Waals surface area contributed by atoms with Crippen LogP contribution in [0, 0.1) is 0 Å². The first-order valence-corrected chi connectivity index (χ1v) is 9.46. The van der Waals surface area contributed by atoms with Crippen molar-refractivity contribution >= 4 is 22.4 Å². The number of carbonyl (C=O) groups excluding carboxylic acids is 1. The molecule has 1 N–H and O–H groups in total. The van der Waals surface area contributed by atoms with Gasteiger partial charge in [-0.05, 0) is 41.8 Å². The summed E-state index contributed by atoms with van der Waals surface area (Å²) in [5.41, 5.74) is 4.85. The van der Waals surface area contributed by atoms with E-state index in [9.17, 15) is 4.79 Å². The summed E-state index contributed by atoms with van der Waals surface area (Å²) in [6.07, 6.45) is 4.30. The molecule has 0 atom stereocenters. The molecule has 0 aliphatic heterocycles. The van der Waals surface area contributed by atoms with Crippen molar-refractivity contribution in [3.63, 3.8) is 0 Å². The molecule has 27 heavy (non-hydrogen) atoms. The molecule has 0 aliphatic carbocycles. The number of nitrogens with zero attached hydrogens (tertiary/aromatic N) is 2. The second kappa shape index (κ2) is 7.93. The third-order valence-corrected chi connectivity index (χ3v) is 4.93. The molecule has 1 amide bonds. The third-order valence-electron chi connectivity index (χ3n) is 4.17. The first-order valence-electron chi connectivity index (χ1n) is 8.58. The van der Waals surface area contributed by atoms with Gasteiger partial charge in [-0.25, -0.2) is 4.98 Å². The standard InChI is InChI=1S/C22H17N3OS/c26-21(25-22-24-20(15-27-22)18-10-12-23-13-11-18)19-8-6-17(7-9-19)14-16-4-2-1-3-5-16/h1-13,15H,14H2,(H,24,25,26). The van der Waals surface area contributed by atoms with Gasteiger partial charge in [-0.2, -0.15) is 0 Å². The number of pyridine rings is 1. The molecule has 0 aliphatic rings. The zero-order chi connectivity index (χ0) is 18.5. The molecule has 132 valence electrons. The lowest BCUT2D eigenvalue weighted by Gasteiger charge is -2.05. The van der Waals surface area contributed by atoms with Crippen LogP contribution >= 0.6 is 11.3 Å². The van der Waals surface area contributed by atoms with E-state index in [0.29, 0.717) is 10.7 Å². The first kappa shape index (κ1) is 17.1. The number of aromatic nitrogens is 2. The van der Waals surface area contributed by atoms with Crippen LogP contribution in [-0.2, 0) is 6.42 Å². The lowest BCUT2D eigenvalue weighted by atomic mass is 10.0. The summed E-state index contributed by atoms with van der Waals surface area (Å²) in [5.74, 6) is -0.156. The van der Waals surface area contributed by atoms with Crippen LogP contribution in [0.4, 0.5) is 5.13 Å². The van der Waals surface area contributed by atoms with E-state index < -0.39 is 0 Å². The number of hydrogen-bond donors (Lipinski definition) is 1. The summed E-state index contributed by atoms with van der Waals surface area (Å²) in [4.78, 5) is 21.0. The quantitative estimate of drug-likeness (QED) is 0.534. The number of thiazole rings is 1. The fourth-order valence-corrected chi connectivity index (χ4v) is 3.48. The van der Waals surface area contributed by atoms with Crippen molar-refractivity contribution in [1.82, 2.24) is 9.97 Å². The molecule has 4 rings (SSSR count). The highest BCUT2D eigenvalue weighted by molar-refractivity contribution is 7.14. The van der Waals surface area contributed by atoms with Gasteiger partial charge in [0.1, 0.15) is 0 Å². The molecule has 5 heteroatoms. The Morgan fingerprint density at radius 2 is 1.59 bits per heavy atom. The van der Waals surface area contributed by atoms with Gasteiger partial charge in [0, 0.05) is 28.9 Å². The van der Waals surface area contributed by atoms with Gasteiger partial charge in [-0.15, -0.1) is 11.3 Å². The zero-order valence-electron chi connectivity index (χ0n) is 14.5. The Morgan fingerprint density at radius 3 is 2.33 bits per heavy atom. The maximum atomic E-state index is 12.5.